The summed E-state index contributed by atoms with van der Waals surface area (Å²) >= 11 is 3.33. The van der Waals surface area contributed by atoms with E-state index in [0.29, 0.717) is 17.6 Å². The fourth-order valence-electron chi connectivity index (χ4n) is 1.62. The van der Waals surface area contributed by atoms with Gasteiger partial charge in [0.1, 0.15) is 16.2 Å². The molecule has 0 unspecified atom stereocenters. The second kappa shape index (κ2) is 5.48. The predicted molar refractivity (Wildman–Crippen MR) is 75.1 cm³/mol. The second-order valence-electron chi connectivity index (χ2n) is 4.41. The van der Waals surface area contributed by atoms with Crippen LogP contribution in [0.2, 0.25) is 0 Å². The molecule has 0 fully saturated rings. The van der Waals surface area contributed by atoms with Crippen LogP contribution in [0.4, 0.5) is 0 Å². The van der Waals surface area contributed by atoms with Gasteiger partial charge in [0, 0.05) is 6.07 Å². The van der Waals surface area contributed by atoms with Gasteiger partial charge in [0.15, 0.2) is 0 Å². The van der Waals surface area contributed by atoms with E-state index in [1.807, 2.05) is 25.1 Å². The molecule has 0 aliphatic carbocycles. The number of hydrogen-bond donors (Lipinski definition) is 0. The molecule has 0 saturated heterocycles. The van der Waals surface area contributed by atoms with E-state index in [1.54, 1.807) is 6.07 Å². The monoisotopic (exact) mass is 306 g/mol. The van der Waals surface area contributed by atoms with E-state index in [9.17, 15) is 0 Å². The highest BCUT2D eigenvalue weighted by atomic mass is 79.9. The minimum absolute atomic E-state index is 0.479. The predicted octanol–water partition coefficient (Wildman–Crippen LogP) is 4.46. The zero-order valence-electron chi connectivity index (χ0n) is 10.6. The first-order valence-corrected chi connectivity index (χ1v) is 6.63. The van der Waals surface area contributed by atoms with Gasteiger partial charge in [-0.1, -0.05) is 26.0 Å². The van der Waals surface area contributed by atoms with Crippen molar-refractivity contribution in [2.24, 2.45) is 0 Å². The SMILES string of the molecule is Cc1nc(Br)cc(Oc2cccc(C(C)C)c2)n1. The zero-order valence-corrected chi connectivity index (χ0v) is 12.2. The summed E-state index contributed by atoms with van der Waals surface area (Å²) in [5.41, 5.74) is 1.25. The Balaban J connectivity index is 2.25. The minimum atomic E-state index is 0.479. The first-order chi connectivity index (χ1) is 8.54. The van der Waals surface area contributed by atoms with E-state index in [4.69, 9.17) is 4.74 Å². The van der Waals surface area contributed by atoms with Crippen LogP contribution < -0.4 is 4.74 Å². The summed E-state index contributed by atoms with van der Waals surface area (Å²) in [4.78, 5) is 8.39. The van der Waals surface area contributed by atoms with Crippen LogP contribution in [0.5, 0.6) is 11.6 Å². The summed E-state index contributed by atoms with van der Waals surface area (Å²) in [6.07, 6.45) is 0. The van der Waals surface area contributed by atoms with Gasteiger partial charge in [-0.05, 0) is 46.5 Å². The van der Waals surface area contributed by atoms with E-state index < -0.39 is 0 Å². The summed E-state index contributed by atoms with van der Waals surface area (Å²) in [5, 5.41) is 0. The van der Waals surface area contributed by atoms with Gasteiger partial charge in [0.2, 0.25) is 5.88 Å². The maximum absolute atomic E-state index is 5.75. The molecule has 18 heavy (non-hydrogen) atoms. The molecule has 94 valence electrons. The van der Waals surface area contributed by atoms with Crippen LogP contribution in [0.15, 0.2) is 34.9 Å². The van der Waals surface area contributed by atoms with Gasteiger partial charge in [-0.2, -0.15) is 4.98 Å². The molecule has 0 bridgehead atoms. The van der Waals surface area contributed by atoms with Gasteiger partial charge in [0.05, 0.1) is 0 Å². The highest BCUT2D eigenvalue weighted by Gasteiger charge is 2.05. The lowest BCUT2D eigenvalue weighted by atomic mass is 10.0. The molecule has 2 aromatic rings. The Morgan fingerprint density at radius 2 is 1.94 bits per heavy atom. The van der Waals surface area contributed by atoms with Gasteiger partial charge < -0.3 is 4.74 Å². The Morgan fingerprint density at radius 3 is 2.61 bits per heavy atom. The van der Waals surface area contributed by atoms with E-state index in [-0.39, 0.29) is 0 Å². The molecule has 2 rings (SSSR count). The quantitative estimate of drug-likeness (QED) is 0.785. The summed E-state index contributed by atoms with van der Waals surface area (Å²) in [5.74, 6) is 2.51. The van der Waals surface area contributed by atoms with E-state index in [2.05, 4.69) is 45.8 Å². The average Bonchev–Trinajstić information content (AvgIpc) is 2.27. The van der Waals surface area contributed by atoms with Crippen molar-refractivity contribution >= 4 is 15.9 Å². The van der Waals surface area contributed by atoms with Crippen molar-refractivity contribution < 1.29 is 4.74 Å². The third kappa shape index (κ3) is 3.29. The molecular formula is C14H15BrN2O. The average molecular weight is 307 g/mol. The van der Waals surface area contributed by atoms with Crippen LogP contribution >= 0.6 is 15.9 Å². The molecule has 3 nitrogen and oxygen atoms in total. The van der Waals surface area contributed by atoms with Crippen LogP contribution in [0.1, 0.15) is 31.2 Å². The summed E-state index contributed by atoms with van der Waals surface area (Å²) in [6, 6.07) is 9.81. The van der Waals surface area contributed by atoms with Crippen molar-refractivity contribution in [2.45, 2.75) is 26.7 Å². The normalized spacial score (nSPS) is 10.7. The number of benzene rings is 1. The molecule has 0 atom stereocenters. The molecule has 4 heteroatoms. The van der Waals surface area contributed by atoms with Crippen LogP contribution in [0.3, 0.4) is 0 Å². The largest absolute Gasteiger partial charge is 0.439 e. The lowest BCUT2D eigenvalue weighted by Gasteiger charge is -2.09. The number of halogens is 1. The topological polar surface area (TPSA) is 35.0 Å². The van der Waals surface area contributed by atoms with Crippen molar-refractivity contribution in [3.63, 3.8) is 0 Å². The maximum atomic E-state index is 5.75. The molecule has 0 radical (unpaired) electrons. The van der Waals surface area contributed by atoms with Crippen LogP contribution in [0.25, 0.3) is 0 Å². The summed E-state index contributed by atoms with van der Waals surface area (Å²) in [7, 11) is 0. The van der Waals surface area contributed by atoms with Crippen molar-refractivity contribution in [1.29, 1.82) is 0 Å². The lowest BCUT2D eigenvalue weighted by Crippen LogP contribution is -1.94. The number of aromatic nitrogens is 2. The first kappa shape index (κ1) is 13.0. The fourth-order valence-corrected chi connectivity index (χ4v) is 2.07. The highest BCUT2D eigenvalue weighted by molar-refractivity contribution is 9.10. The molecule has 1 heterocycles. The number of hydrogen-bond acceptors (Lipinski definition) is 3. The lowest BCUT2D eigenvalue weighted by molar-refractivity contribution is 0.458. The maximum Gasteiger partial charge on any atom is 0.223 e. The smallest absolute Gasteiger partial charge is 0.223 e. The Bertz CT molecular complexity index is 535. The van der Waals surface area contributed by atoms with E-state index in [1.165, 1.54) is 5.56 Å². The number of ether oxygens (including phenoxy) is 1. The van der Waals surface area contributed by atoms with Gasteiger partial charge in [-0.3, -0.25) is 0 Å². The van der Waals surface area contributed by atoms with Crippen LogP contribution in [-0.2, 0) is 0 Å². The standard InChI is InChI=1S/C14H15BrN2O/c1-9(2)11-5-4-6-12(7-11)18-14-8-13(15)16-10(3)17-14/h4-9H,1-3H3. The summed E-state index contributed by atoms with van der Waals surface area (Å²) < 4.78 is 6.48. The molecule has 1 aromatic carbocycles. The Labute approximate surface area is 115 Å². The molecule has 1 aromatic heterocycles. The highest BCUT2D eigenvalue weighted by Crippen LogP contribution is 2.25. The minimum Gasteiger partial charge on any atom is -0.439 e. The van der Waals surface area contributed by atoms with Gasteiger partial charge in [-0.25, -0.2) is 4.98 Å². The van der Waals surface area contributed by atoms with Crippen molar-refractivity contribution in [2.75, 3.05) is 0 Å². The van der Waals surface area contributed by atoms with Crippen molar-refractivity contribution in [1.82, 2.24) is 9.97 Å². The van der Waals surface area contributed by atoms with Crippen molar-refractivity contribution in [3.05, 3.63) is 46.3 Å². The molecule has 0 amide bonds. The molecule has 0 N–H and O–H groups in total. The molecule has 0 spiro atoms. The molecular weight excluding hydrogens is 292 g/mol. The number of rotatable bonds is 3. The van der Waals surface area contributed by atoms with Gasteiger partial charge in [0.25, 0.3) is 0 Å². The van der Waals surface area contributed by atoms with E-state index >= 15 is 0 Å². The van der Waals surface area contributed by atoms with Crippen LogP contribution in [0, 0.1) is 6.92 Å². The Kier molecular flexibility index (Phi) is 3.97. The number of nitrogens with zero attached hydrogens (tertiary/aromatic N) is 2. The third-order valence-corrected chi connectivity index (χ3v) is 2.94. The third-order valence-electron chi connectivity index (χ3n) is 2.53. The van der Waals surface area contributed by atoms with E-state index in [0.717, 1.165) is 10.4 Å². The second-order valence-corrected chi connectivity index (χ2v) is 5.22. The number of aryl methyl sites for hydroxylation is 1. The Hall–Kier alpha value is -1.42. The first-order valence-electron chi connectivity index (χ1n) is 5.83. The summed E-state index contributed by atoms with van der Waals surface area (Å²) in [6.45, 7) is 6.15. The zero-order chi connectivity index (χ0) is 13.1. The van der Waals surface area contributed by atoms with Crippen molar-refractivity contribution in [3.8, 4) is 11.6 Å². The molecule has 0 saturated carbocycles. The van der Waals surface area contributed by atoms with Gasteiger partial charge in [-0.15, -0.1) is 0 Å². The van der Waals surface area contributed by atoms with Gasteiger partial charge >= 0.3 is 0 Å². The Morgan fingerprint density at radius 1 is 1.17 bits per heavy atom. The molecule has 0 aliphatic rings. The fraction of sp³-hybridized carbons (Fsp3) is 0.286. The van der Waals surface area contributed by atoms with Crippen LogP contribution in [-0.4, -0.2) is 9.97 Å². The molecule has 0 aliphatic heterocycles.